The van der Waals surface area contributed by atoms with Gasteiger partial charge in [-0.15, -0.1) is 0 Å². The van der Waals surface area contributed by atoms with Crippen LogP contribution in [0.1, 0.15) is 206 Å². The van der Waals surface area contributed by atoms with Gasteiger partial charge in [0.15, 0.2) is 0 Å². The number of amides is 1. The van der Waals surface area contributed by atoms with Crippen LogP contribution < -0.4 is 10.2 Å². The summed E-state index contributed by atoms with van der Waals surface area (Å²) in [4.78, 5) is 25.1. The van der Waals surface area contributed by atoms with E-state index in [2.05, 4.69) is 67.8 Å². The van der Waals surface area contributed by atoms with Crippen LogP contribution in [0.4, 0.5) is 0 Å². The minimum absolute atomic E-state index is 0.00226. The van der Waals surface area contributed by atoms with Crippen molar-refractivity contribution in [1.29, 1.82) is 0 Å². The fourth-order valence-electron chi connectivity index (χ4n) is 6.85. The van der Waals surface area contributed by atoms with Crippen molar-refractivity contribution in [2.45, 2.75) is 219 Å². The lowest BCUT2D eigenvalue weighted by Gasteiger charge is -2.29. The molecular weight excluding hydrogens is 768 g/mol. The van der Waals surface area contributed by atoms with Crippen LogP contribution in [0.5, 0.6) is 0 Å². The number of likely N-dealkylation sites (N-methyl/N-ethyl adjacent to an activating group) is 1. The first-order chi connectivity index (χ1) is 29.0. The number of hydrogen-bond donors (Lipinski definition) is 2. The Labute approximate surface area is 371 Å². The van der Waals surface area contributed by atoms with Gasteiger partial charge in [-0.05, 0) is 57.8 Å². The third-order valence-corrected chi connectivity index (χ3v) is 11.7. The van der Waals surface area contributed by atoms with Crippen LogP contribution in [0, 0.1) is 0 Å². The molecule has 0 heterocycles. The van der Waals surface area contributed by atoms with E-state index < -0.39 is 20.0 Å². The van der Waals surface area contributed by atoms with Crippen LogP contribution in [0.2, 0.25) is 0 Å². The van der Waals surface area contributed by atoms with Gasteiger partial charge in [-0.25, -0.2) is 0 Å². The predicted octanol–water partition coefficient (Wildman–Crippen LogP) is 13.6. The Hall–Kier alpha value is -1.80. The van der Waals surface area contributed by atoms with Crippen molar-refractivity contribution in [2.24, 2.45) is 0 Å². The molecule has 0 bridgehead atoms. The first-order valence-electron chi connectivity index (χ1n) is 24.7. The molecule has 0 aromatic heterocycles. The number of nitrogens with zero attached hydrogens (tertiary/aromatic N) is 1. The quantitative estimate of drug-likeness (QED) is 0.0273. The molecule has 8 nitrogen and oxygen atoms in total. The fraction of sp³-hybridized carbons (Fsp3) is 0.784. The molecule has 0 aromatic rings. The number of nitrogens with one attached hydrogen (secondary N) is 1. The number of quaternary nitrogens is 1. The lowest BCUT2D eigenvalue weighted by atomic mass is 10.0. The molecule has 2 N–H and O–H groups in total. The highest BCUT2D eigenvalue weighted by atomic mass is 31.2. The second-order valence-corrected chi connectivity index (χ2v) is 19.2. The first kappa shape index (κ1) is 58.2. The molecule has 0 radical (unpaired) electrons. The van der Waals surface area contributed by atoms with Gasteiger partial charge < -0.3 is 28.8 Å². The highest BCUT2D eigenvalue weighted by molar-refractivity contribution is 7.45. The summed E-state index contributed by atoms with van der Waals surface area (Å²) in [7, 11) is 1.26. The maximum absolute atomic E-state index is 12.8. The Morgan fingerprint density at radius 2 is 1.02 bits per heavy atom. The zero-order valence-electron chi connectivity index (χ0n) is 39.6. The number of phosphoric acid groups is 1. The fourth-order valence-corrected chi connectivity index (χ4v) is 7.57. The third-order valence-electron chi connectivity index (χ3n) is 10.7. The molecule has 0 saturated carbocycles. The van der Waals surface area contributed by atoms with Gasteiger partial charge in [0, 0.05) is 6.42 Å². The molecule has 0 aromatic carbocycles. The Kier molecular flexibility index (Phi) is 41.2. The number of hydrogen-bond acceptors (Lipinski definition) is 6. The molecule has 0 spiro atoms. The lowest BCUT2D eigenvalue weighted by molar-refractivity contribution is -0.870. The van der Waals surface area contributed by atoms with E-state index in [4.69, 9.17) is 9.05 Å². The SMILES string of the molecule is CC/C=C\C/C=C\C/C=C\C/C=C\CCCCCCCCCCCCCCCCCCCCCCC(=O)NC(COP(=O)([O-])OCC[N+](C)(C)C)C(O)/C=C/CCCCC. The summed E-state index contributed by atoms with van der Waals surface area (Å²) in [5.74, 6) is -0.205. The van der Waals surface area contributed by atoms with Crippen molar-refractivity contribution >= 4 is 13.7 Å². The van der Waals surface area contributed by atoms with Gasteiger partial charge in [0.25, 0.3) is 7.82 Å². The van der Waals surface area contributed by atoms with Gasteiger partial charge in [-0.2, -0.15) is 0 Å². The molecule has 9 heteroatoms. The van der Waals surface area contributed by atoms with Crippen molar-refractivity contribution < 1.29 is 32.9 Å². The second-order valence-electron chi connectivity index (χ2n) is 17.8. The number of carbonyl (C=O) groups excluding carboxylic acids is 1. The maximum Gasteiger partial charge on any atom is 0.268 e. The van der Waals surface area contributed by atoms with E-state index in [1.54, 1.807) is 6.08 Å². The molecule has 3 unspecified atom stereocenters. The molecular formula is C51H95N2O6P. The Balaban J connectivity index is 3.81. The van der Waals surface area contributed by atoms with Gasteiger partial charge in [0.2, 0.25) is 5.91 Å². The van der Waals surface area contributed by atoms with Crippen LogP contribution >= 0.6 is 7.82 Å². The van der Waals surface area contributed by atoms with Gasteiger partial charge >= 0.3 is 0 Å². The summed E-state index contributed by atoms with van der Waals surface area (Å²) in [6.45, 7) is 4.41. The van der Waals surface area contributed by atoms with Gasteiger partial charge in [0.05, 0.1) is 39.9 Å². The predicted molar refractivity (Wildman–Crippen MR) is 256 cm³/mol. The summed E-state index contributed by atoms with van der Waals surface area (Å²) < 4.78 is 23.0. The summed E-state index contributed by atoms with van der Waals surface area (Å²) in [5, 5.41) is 13.6. The zero-order valence-corrected chi connectivity index (χ0v) is 40.5. The molecule has 3 atom stereocenters. The van der Waals surface area contributed by atoms with E-state index in [0.29, 0.717) is 17.4 Å². The number of aliphatic hydroxyl groups is 1. The molecule has 60 heavy (non-hydrogen) atoms. The van der Waals surface area contributed by atoms with Crippen LogP contribution in [0.25, 0.3) is 0 Å². The number of unbranched alkanes of at least 4 members (excludes halogenated alkanes) is 23. The summed E-state index contributed by atoms with van der Waals surface area (Å²) >= 11 is 0. The topological polar surface area (TPSA) is 108 Å². The number of aliphatic hydroxyl groups excluding tert-OH is 1. The standard InChI is InChI=1S/C51H95N2O6P/c1-6-8-10-12-13-14-15-16-17-18-19-20-21-22-23-24-25-26-27-28-29-30-31-32-33-34-35-36-37-38-39-41-43-45-51(55)52-49(50(54)44-42-40-11-9-7-2)48-59-60(56,57)58-47-46-53(3,4)5/h8,10,13-14,16-17,19-20,42,44,49-50,54H,6-7,9,11-12,15,18,21-41,43,45-48H2,1-5H3,(H-,52,55,56,57)/b10-8-,14-13-,17-16-,20-19-,44-42+. The Bertz CT molecular complexity index is 1160. The average molecular weight is 863 g/mol. The Morgan fingerprint density at radius 3 is 1.48 bits per heavy atom. The van der Waals surface area contributed by atoms with E-state index in [1.807, 2.05) is 27.2 Å². The normalized spacial score (nSPS) is 14.7. The summed E-state index contributed by atoms with van der Waals surface area (Å²) in [5.41, 5.74) is 0. The highest BCUT2D eigenvalue weighted by Crippen LogP contribution is 2.38. The summed E-state index contributed by atoms with van der Waals surface area (Å²) in [6.07, 6.45) is 56.4. The van der Waals surface area contributed by atoms with Crippen LogP contribution in [-0.2, 0) is 18.4 Å². The van der Waals surface area contributed by atoms with E-state index >= 15 is 0 Å². The third kappa shape index (κ3) is 44.3. The smallest absolute Gasteiger partial charge is 0.268 e. The van der Waals surface area contributed by atoms with Crippen LogP contribution in [-0.4, -0.2) is 68.5 Å². The minimum Gasteiger partial charge on any atom is -0.756 e. The van der Waals surface area contributed by atoms with E-state index in [1.165, 1.54) is 116 Å². The van der Waals surface area contributed by atoms with E-state index in [0.717, 1.165) is 70.6 Å². The van der Waals surface area contributed by atoms with E-state index in [9.17, 15) is 19.4 Å². The molecule has 0 aliphatic carbocycles. The lowest BCUT2D eigenvalue weighted by Crippen LogP contribution is -2.45. The first-order valence-corrected chi connectivity index (χ1v) is 26.1. The molecule has 0 aliphatic rings. The number of phosphoric ester groups is 1. The molecule has 350 valence electrons. The van der Waals surface area contributed by atoms with Crippen molar-refractivity contribution in [2.75, 3.05) is 40.9 Å². The number of allylic oxidation sites excluding steroid dienone is 9. The average Bonchev–Trinajstić information content (AvgIpc) is 3.20. The zero-order chi connectivity index (χ0) is 44.3. The second kappa shape index (κ2) is 42.5. The van der Waals surface area contributed by atoms with Crippen molar-refractivity contribution in [3.05, 3.63) is 60.8 Å². The molecule has 1 amide bonds. The molecule has 0 rings (SSSR count). The largest absolute Gasteiger partial charge is 0.756 e. The number of rotatable bonds is 44. The van der Waals surface area contributed by atoms with Gasteiger partial charge in [-0.3, -0.25) is 9.36 Å². The molecule has 0 saturated heterocycles. The van der Waals surface area contributed by atoms with Crippen molar-refractivity contribution in [1.82, 2.24) is 5.32 Å². The van der Waals surface area contributed by atoms with Crippen LogP contribution in [0.3, 0.4) is 0 Å². The summed E-state index contributed by atoms with van der Waals surface area (Å²) in [6, 6.07) is -0.882. The van der Waals surface area contributed by atoms with Gasteiger partial charge in [0.1, 0.15) is 13.2 Å². The Morgan fingerprint density at radius 1 is 0.600 bits per heavy atom. The van der Waals surface area contributed by atoms with Crippen molar-refractivity contribution in [3.8, 4) is 0 Å². The van der Waals surface area contributed by atoms with Crippen molar-refractivity contribution in [3.63, 3.8) is 0 Å². The highest BCUT2D eigenvalue weighted by Gasteiger charge is 2.23. The van der Waals surface area contributed by atoms with Crippen LogP contribution in [0.15, 0.2) is 60.8 Å². The molecule has 0 aliphatic heterocycles. The van der Waals surface area contributed by atoms with E-state index in [-0.39, 0.29) is 19.1 Å². The monoisotopic (exact) mass is 863 g/mol. The van der Waals surface area contributed by atoms with Gasteiger partial charge in [-0.1, -0.05) is 203 Å². The number of carbonyl (C=O) groups is 1. The molecule has 0 fully saturated rings. The minimum atomic E-state index is -4.57. The maximum atomic E-state index is 12.8.